The third kappa shape index (κ3) is 5.50. The molecule has 2 aliphatic rings. The van der Waals surface area contributed by atoms with E-state index >= 15 is 0 Å². The van der Waals surface area contributed by atoms with Gasteiger partial charge in [-0.3, -0.25) is 0 Å². The SMILES string of the molecule is N[C@H]1CCCC[C@@H]1N=C(Nc1ccc(Cl)cc1Cl)NC1CCCCC1. The number of hydrogen-bond acceptors (Lipinski definition) is 2. The molecule has 25 heavy (non-hydrogen) atoms. The summed E-state index contributed by atoms with van der Waals surface area (Å²) in [7, 11) is 0. The van der Waals surface area contributed by atoms with Crippen LogP contribution in [-0.4, -0.2) is 24.1 Å². The number of benzene rings is 1. The minimum Gasteiger partial charge on any atom is -0.353 e. The third-order valence-electron chi connectivity index (χ3n) is 5.21. The molecular weight excluding hydrogens is 355 g/mol. The van der Waals surface area contributed by atoms with Gasteiger partial charge in [-0.1, -0.05) is 55.3 Å². The topological polar surface area (TPSA) is 62.4 Å². The van der Waals surface area contributed by atoms with Crippen molar-refractivity contribution in [3.63, 3.8) is 0 Å². The summed E-state index contributed by atoms with van der Waals surface area (Å²) < 4.78 is 0. The second kappa shape index (κ2) is 9.11. The van der Waals surface area contributed by atoms with Gasteiger partial charge in [0.15, 0.2) is 5.96 Å². The molecule has 0 bridgehead atoms. The highest BCUT2D eigenvalue weighted by Crippen LogP contribution is 2.26. The van der Waals surface area contributed by atoms with Crippen molar-refractivity contribution in [3.8, 4) is 0 Å². The fourth-order valence-electron chi connectivity index (χ4n) is 3.73. The van der Waals surface area contributed by atoms with Crippen molar-refractivity contribution in [3.05, 3.63) is 28.2 Å². The Labute approximate surface area is 160 Å². The molecule has 3 rings (SSSR count). The Kier molecular flexibility index (Phi) is 6.85. The predicted octanol–water partition coefficient (Wildman–Crippen LogP) is 4.95. The second-order valence-electron chi connectivity index (χ2n) is 7.22. The van der Waals surface area contributed by atoms with E-state index in [1.807, 2.05) is 12.1 Å². The zero-order valence-corrected chi connectivity index (χ0v) is 16.1. The smallest absolute Gasteiger partial charge is 0.196 e. The van der Waals surface area contributed by atoms with E-state index in [1.54, 1.807) is 6.07 Å². The van der Waals surface area contributed by atoms with E-state index in [0.29, 0.717) is 16.1 Å². The first kappa shape index (κ1) is 18.8. The van der Waals surface area contributed by atoms with Crippen LogP contribution in [-0.2, 0) is 0 Å². The van der Waals surface area contributed by atoms with E-state index in [1.165, 1.54) is 44.9 Å². The average molecular weight is 383 g/mol. The molecule has 0 heterocycles. The molecule has 4 N–H and O–H groups in total. The fraction of sp³-hybridized carbons (Fsp3) is 0.632. The summed E-state index contributed by atoms with van der Waals surface area (Å²) in [6.07, 6.45) is 10.7. The van der Waals surface area contributed by atoms with Gasteiger partial charge in [-0.25, -0.2) is 4.99 Å². The third-order valence-corrected chi connectivity index (χ3v) is 5.75. The van der Waals surface area contributed by atoms with Gasteiger partial charge in [-0.15, -0.1) is 0 Å². The van der Waals surface area contributed by atoms with Crippen LogP contribution in [0.1, 0.15) is 57.8 Å². The van der Waals surface area contributed by atoms with Crippen LogP contribution >= 0.6 is 23.2 Å². The van der Waals surface area contributed by atoms with Crippen molar-refractivity contribution in [1.29, 1.82) is 0 Å². The van der Waals surface area contributed by atoms with E-state index in [-0.39, 0.29) is 12.1 Å². The number of nitrogens with two attached hydrogens (primary N) is 1. The molecule has 0 aromatic heterocycles. The number of nitrogens with zero attached hydrogens (tertiary/aromatic N) is 1. The number of rotatable bonds is 3. The van der Waals surface area contributed by atoms with E-state index in [9.17, 15) is 0 Å². The van der Waals surface area contributed by atoms with Crippen LogP contribution in [0.4, 0.5) is 5.69 Å². The van der Waals surface area contributed by atoms with Crippen molar-refractivity contribution in [2.24, 2.45) is 10.7 Å². The molecule has 4 nitrogen and oxygen atoms in total. The lowest BCUT2D eigenvalue weighted by Gasteiger charge is -2.29. The van der Waals surface area contributed by atoms with Gasteiger partial charge in [0.25, 0.3) is 0 Å². The molecule has 1 aromatic rings. The molecule has 1 aromatic carbocycles. The maximum atomic E-state index is 6.33. The first-order chi connectivity index (χ1) is 12.1. The number of halogens is 2. The monoisotopic (exact) mass is 382 g/mol. The summed E-state index contributed by atoms with van der Waals surface area (Å²) in [5.74, 6) is 0.790. The Hall–Kier alpha value is -0.970. The van der Waals surface area contributed by atoms with Gasteiger partial charge < -0.3 is 16.4 Å². The minimum absolute atomic E-state index is 0.138. The summed E-state index contributed by atoms with van der Waals surface area (Å²) in [5.41, 5.74) is 7.11. The minimum atomic E-state index is 0.138. The highest BCUT2D eigenvalue weighted by Gasteiger charge is 2.23. The lowest BCUT2D eigenvalue weighted by Crippen LogP contribution is -2.44. The van der Waals surface area contributed by atoms with Crippen molar-refractivity contribution < 1.29 is 0 Å². The summed E-state index contributed by atoms with van der Waals surface area (Å²) >= 11 is 12.3. The highest BCUT2D eigenvalue weighted by molar-refractivity contribution is 6.36. The fourth-order valence-corrected chi connectivity index (χ4v) is 4.19. The number of aliphatic imine (C=N–C) groups is 1. The van der Waals surface area contributed by atoms with Crippen molar-refractivity contribution >= 4 is 34.8 Å². The zero-order chi connectivity index (χ0) is 17.6. The van der Waals surface area contributed by atoms with Gasteiger partial charge in [0.1, 0.15) is 0 Å². The summed E-state index contributed by atoms with van der Waals surface area (Å²) in [4.78, 5) is 4.95. The van der Waals surface area contributed by atoms with Crippen LogP contribution in [0, 0.1) is 0 Å². The van der Waals surface area contributed by atoms with Gasteiger partial charge in [-0.05, 0) is 43.9 Å². The number of hydrogen-bond donors (Lipinski definition) is 3. The van der Waals surface area contributed by atoms with E-state index in [4.69, 9.17) is 33.9 Å². The van der Waals surface area contributed by atoms with Crippen LogP contribution in [0.15, 0.2) is 23.2 Å². The lowest BCUT2D eigenvalue weighted by atomic mass is 9.91. The van der Waals surface area contributed by atoms with Crippen molar-refractivity contribution in [2.45, 2.75) is 75.9 Å². The molecular formula is C19H28Cl2N4. The number of anilines is 1. The Balaban J connectivity index is 1.77. The van der Waals surface area contributed by atoms with Crippen LogP contribution < -0.4 is 16.4 Å². The maximum absolute atomic E-state index is 6.33. The zero-order valence-electron chi connectivity index (χ0n) is 14.6. The standard InChI is InChI=1S/C19H28Cl2N4/c20-13-10-11-17(15(21)12-13)24-19(23-14-6-2-1-3-7-14)25-18-9-5-4-8-16(18)22/h10-12,14,16,18H,1-9,22H2,(H2,23,24,25)/t16-,18-/m0/s1. The van der Waals surface area contributed by atoms with Gasteiger partial charge >= 0.3 is 0 Å². The van der Waals surface area contributed by atoms with Crippen LogP contribution in [0.3, 0.4) is 0 Å². The Morgan fingerprint density at radius 2 is 1.72 bits per heavy atom. The Morgan fingerprint density at radius 1 is 1.00 bits per heavy atom. The Bertz CT molecular complexity index is 599. The molecule has 138 valence electrons. The predicted molar refractivity (Wildman–Crippen MR) is 108 cm³/mol. The first-order valence-electron chi connectivity index (χ1n) is 9.44. The largest absolute Gasteiger partial charge is 0.353 e. The maximum Gasteiger partial charge on any atom is 0.196 e. The molecule has 0 spiro atoms. The molecule has 0 radical (unpaired) electrons. The van der Waals surface area contributed by atoms with Crippen LogP contribution in [0.5, 0.6) is 0 Å². The summed E-state index contributed by atoms with van der Waals surface area (Å²) in [6.45, 7) is 0. The number of guanidine groups is 1. The molecule has 0 amide bonds. The van der Waals surface area contributed by atoms with Gasteiger partial charge in [0.05, 0.1) is 16.8 Å². The molecule has 2 fully saturated rings. The van der Waals surface area contributed by atoms with Crippen LogP contribution in [0.2, 0.25) is 10.0 Å². The van der Waals surface area contributed by atoms with Gasteiger partial charge in [0, 0.05) is 17.1 Å². The second-order valence-corrected chi connectivity index (χ2v) is 8.07. The van der Waals surface area contributed by atoms with E-state index < -0.39 is 0 Å². The lowest BCUT2D eigenvalue weighted by molar-refractivity contribution is 0.381. The first-order valence-corrected chi connectivity index (χ1v) is 10.2. The van der Waals surface area contributed by atoms with Crippen LogP contribution in [0.25, 0.3) is 0 Å². The van der Waals surface area contributed by atoms with Gasteiger partial charge in [-0.2, -0.15) is 0 Å². The normalized spacial score (nSPS) is 25.6. The van der Waals surface area contributed by atoms with Gasteiger partial charge in [0.2, 0.25) is 0 Å². The molecule has 2 atom stereocenters. The van der Waals surface area contributed by atoms with Crippen molar-refractivity contribution in [1.82, 2.24) is 5.32 Å². The van der Waals surface area contributed by atoms with E-state index in [2.05, 4.69) is 10.6 Å². The molecule has 0 aliphatic heterocycles. The molecule has 0 unspecified atom stereocenters. The van der Waals surface area contributed by atoms with Crippen molar-refractivity contribution in [2.75, 3.05) is 5.32 Å². The molecule has 0 saturated heterocycles. The van der Waals surface area contributed by atoms with E-state index in [0.717, 1.165) is 24.5 Å². The number of nitrogens with one attached hydrogen (secondary N) is 2. The average Bonchev–Trinajstić information content (AvgIpc) is 2.60. The summed E-state index contributed by atoms with van der Waals surface area (Å²) in [6, 6.07) is 6.24. The molecule has 2 saturated carbocycles. The molecule has 2 aliphatic carbocycles. The summed E-state index contributed by atoms with van der Waals surface area (Å²) in [5, 5.41) is 8.21. The quantitative estimate of drug-likeness (QED) is 0.511. The molecule has 6 heteroatoms. The Morgan fingerprint density at radius 3 is 2.44 bits per heavy atom. The highest BCUT2D eigenvalue weighted by atomic mass is 35.5.